The van der Waals surface area contributed by atoms with Crippen molar-refractivity contribution in [2.45, 2.75) is 6.54 Å². The summed E-state index contributed by atoms with van der Waals surface area (Å²) in [5.74, 6) is 0. The predicted octanol–water partition coefficient (Wildman–Crippen LogP) is 4.27. The number of halogens is 3. The van der Waals surface area contributed by atoms with E-state index in [1.54, 1.807) is 30.5 Å². The van der Waals surface area contributed by atoms with E-state index in [1.807, 2.05) is 6.07 Å². The summed E-state index contributed by atoms with van der Waals surface area (Å²) in [6, 6.07) is 10.1. The smallest absolute Gasteiger partial charge is 0.258 e. The molecule has 0 saturated heterocycles. The number of hydrogen-bond donors (Lipinski definition) is 1. The molecule has 0 atom stereocenters. The molecule has 3 aromatic rings. The van der Waals surface area contributed by atoms with E-state index in [4.69, 9.17) is 34.8 Å². The Balaban J connectivity index is 1.86. The highest BCUT2D eigenvalue weighted by Gasteiger charge is 2.04. The van der Waals surface area contributed by atoms with Crippen molar-refractivity contribution in [3.05, 3.63) is 73.7 Å². The van der Waals surface area contributed by atoms with Gasteiger partial charge in [-0.1, -0.05) is 34.8 Å². The minimum absolute atomic E-state index is 0.182. The van der Waals surface area contributed by atoms with Crippen LogP contribution in [0.1, 0.15) is 5.69 Å². The first-order valence-corrected chi connectivity index (χ1v) is 7.53. The second kappa shape index (κ2) is 6.16. The highest BCUT2D eigenvalue weighted by molar-refractivity contribution is 6.42. The summed E-state index contributed by atoms with van der Waals surface area (Å²) in [7, 11) is 0. The van der Waals surface area contributed by atoms with Gasteiger partial charge in [-0.05, 0) is 30.3 Å². The van der Waals surface area contributed by atoms with Crippen molar-refractivity contribution < 1.29 is 0 Å². The molecule has 4 nitrogen and oxygen atoms in total. The van der Waals surface area contributed by atoms with Gasteiger partial charge in [0.05, 0.1) is 27.3 Å². The molecule has 22 heavy (non-hydrogen) atoms. The van der Waals surface area contributed by atoms with Crippen LogP contribution in [0.5, 0.6) is 0 Å². The Morgan fingerprint density at radius 2 is 1.86 bits per heavy atom. The lowest BCUT2D eigenvalue weighted by molar-refractivity contribution is 0.971. The number of pyridine rings is 1. The van der Waals surface area contributed by atoms with E-state index in [0.717, 1.165) is 5.69 Å². The Kier molecular flexibility index (Phi) is 4.25. The number of benzene rings is 1. The van der Waals surface area contributed by atoms with Gasteiger partial charge in [-0.2, -0.15) is 0 Å². The predicted molar refractivity (Wildman–Crippen MR) is 90.3 cm³/mol. The highest BCUT2D eigenvalue weighted by Crippen LogP contribution is 2.25. The minimum atomic E-state index is -0.182. The summed E-state index contributed by atoms with van der Waals surface area (Å²) in [6.45, 7) is 0.395. The van der Waals surface area contributed by atoms with Crippen LogP contribution in [-0.4, -0.2) is 9.38 Å². The zero-order valence-corrected chi connectivity index (χ0v) is 13.5. The molecule has 1 aromatic carbocycles. The maximum absolute atomic E-state index is 12.1. The second-order valence-corrected chi connectivity index (χ2v) is 5.89. The molecule has 0 spiro atoms. The van der Waals surface area contributed by atoms with Crippen molar-refractivity contribution in [2.75, 3.05) is 5.32 Å². The van der Waals surface area contributed by atoms with Gasteiger partial charge in [0.1, 0.15) is 5.65 Å². The number of anilines is 1. The van der Waals surface area contributed by atoms with Crippen LogP contribution < -0.4 is 10.9 Å². The van der Waals surface area contributed by atoms with Gasteiger partial charge in [0.15, 0.2) is 0 Å². The van der Waals surface area contributed by atoms with Gasteiger partial charge in [-0.3, -0.25) is 9.20 Å². The second-order valence-electron chi connectivity index (χ2n) is 4.64. The Hall–Kier alpha value is -1.75. The van der Waals surface area contributed by atoms with Crippen LogP contribution in [0.4, 0.5) is 5.69 Å². The maximum atomic E-state index is 12.1. The van der Waals surface area contributed by atoms with Gasteiger partial charge >= 0.3 is 0 Å². The van der Waals surface area contributed by atoms with Crippen LogP contribution in [0, 0.1) is 0 Å². The number of nitrogens with one attached hydrogen (secondary N) is 1. The average molecular weight is 355 g/mol. The van der Waals surface area contributed by atoms with Crippen LogP contribution >= 0.6 is 34.8 Å². The summed E-state index contributed by atoms with van der Waals surface area (Å²) >= 11 is 17.7. The molecule has 0 unspecified atom stereocenters. The third-order valence-corrected chi connectivity index (χ3v) is 4.03. The lowest BCUT2D eigenvalue weighted by Crippen LogP contribution is -2.16. The monoisotopic (exact) mass is 353 g/mol. The van der Waals surface area contributed by atoms with E-state index < -0.39 is 0 Å². The van der Waals surface area contributed by atoms with Crippen molar-refractivity contribution in [3.8, 4) is 0 Å². The van der Waals surface area contributed by atoms with Crippen molar-refractivity contribution >= 4 is 46.1 Å². The van der Waals surface area contributed by atoms with E-state index in [-0.39, 0.29) is 5.56 Å². The first-order valence-electron chi connectivity index (χ1n) is 6.40. The maximum Gasteiger partial charge on any atom is 0.258 e. The number of aromatic nitrogens is 2. The van der Waals surface area contributed by atoms with Crippen molar-refractivity contribution in [1.82, 2.24) is 9.38 Å². The van der Waals surface area contributed by atoms with Gasteiger partial charge < -0.3 is 5.32 Å². The lowest BCUT2D eigenvalue weighted by atomic mass is 10.3. The van der Waals surface area contributed by atoms with Gasteiger partial charge in [0.2, 0.25) is 0 Å². The molecular weight excluding hydrogens is 345 g/mol. The molecule has 2 heterocycles. The number of rotatable bonds is 3. The summed E-state index contributed by atoms with van der Waals surface area (Å²) < 4.78 is 1.41. The number of nitrogens with zero attached hydrogens (tertiary/aromatic N) is 2. The van der Waals surface area contributed by atoms with Crippen LogP contribution in [0.2, 0.25) is 15.1 Å². The normalized spacial score (nSPS) is 10.9. The molecule has 0 aliphatic carbocycles. The Labute approximate surface area is 141 Å². The van der Waals surface area contributed by atoms with Gasteiger partial charge in [-0.15, -0.1) is 0 Å². The largest absolute Gasteiger partial charge is 0.379 e. The molecule has 0 amide bonds. The van der Waals surface area contributed by atoms with Crippen LogP contribution in [0.3, 0.4) is 0 Å². The molecule has 0 bridgehead atoms. The molecule has 2 aromatic heterocycles. The summed E-state index contributed by atoms with van der Waals surface area (Å²) in [5, 5.41) is 4.59. The molecule has 0 saturated carbocycles. The SMILES string of the molecule is O=c1cc(CNc2ccc(Cl)c(Cl)c2)nc2ccc(Cl)cn12. The fourth-order valence-electron chi connectivity index (χ4n) is 2.02. The van der Waals surface area contributed by atoms with Crippen molar-refractivity contribution in [3.63, 3.8) is 0 Å². The van der Waals surface area contributed by atoms with Crippen LogP contribution in [-0.2, 0) is 6.54 Å². The first-order chi connectivity index (χ1) is 10.5. The zero-order valence-electron chi connectivity index (χ0n) is 11.2. The Morgan fingerprint density at radius 3 is 2.64 bits per heavy atom. The minimum Gasteiger partial charge on any atom is -0.379 e. The number of fused-ring (bicyclic) bond motifs is 1. The van der Waals surface area contributed by atoms with Gasteiger partial charge in [0.25, 0.3) is 5.56 Å². The molecule has 0 aliphatic heterocycles. The van der Waals surface area contributed by atoms with E-state index in [2.05, 4.69) is 10.3 Å². The van der Waals surface area contributed by atoms with Crippen LogP contribution in [0.25, 0.3) is 5.65 Å². The number of hydrogen-bond acceptors (Lipinski definition) is 3. The topological polar surface area (TPSA) is 46.4 Å². The Morgan fingerprint density at radius 1 is 1.05 bits per heavy atom. The molecule has 3 rings (SSSR count). The van der Waals surface area contributed by atoms with E-state index in [0.29, 0.717) is 33.0 Å². The van der Waals surface area contributed by atoms with E-state index >= 15 is 0 Å². The van der Waals surface area contributed by atoms with Crippen LogP contribution in [0.15, 0.2) is 47.4 Å². The fourth-order valence-corrected chi connectivity index (χ4v) is 2.47. The lowest BCUT2D eigenvalue weighted by Gasteiger charge is -2.08. The molecule has 0 fully saturated rings. The summed E-state index contributed by atoms with van der Waals surface area (Å²) in [4.78, 5) is 16.5. The summed E-state index contributed by atoms with van der Waals surface area (Å²) in [5.41, 5.74) is 1.78. The van der Waals surface area contributed by atoms with Gasteiger partial charge in [0, 0.05) is 18.0 Å². The van der Waals surface area contributed by atoms with Crippen molar-refractivity contribution in [2.24, 2.45) is 0 Å². The van der Waals surface area contributed by atoms with E-state index in [1.165, 1.54) is 10.5 Å². The third kappa shape index (κ3) is 3.19. The van der Waals surface area contributed by atoms with Crippen molar-refractivity contribution in [1.29, 1.82) is 0 Å². The molecule has 1 N–H and O–H groups in total. The third-order valence-electron chi connectivity index (χ3n) is 3.07. The molecular formula is C15H10Cl3N3O. The molecule has 7 heteroatoms. The van der Waals surface area contributed by atoms with Gasteiger partial charge in [-0.25, -0.2) is 4.98 Å². The zero-order chi connectivity index (χ0) is 15.7. The molecule has 0 aliphatic rings. The molecule has 0 radical (unpaired) electrons. The first kappa shape index (κ1) is 15.2. The molecule has 112 valence electrons. The standard InChI is InChI=1S/C15H10Cl3N3O/c16-9-1-4-14-20-11(6-15(22)21(14)8-9)7-19-10-2-3-12(17)13(18)5-10/h1-6,8,19H,7H2. The quantitative estimate of drug-likeness (QED) is 0.764. The summed E-state index contributed by atoms with van der Waals surface area (Å²) in [6.07, 6.45) is 1.54. The highest BCUT2D eigenvalue weighted by atomic mass is 35.5. The Bertz CT molecular complexity index is 908. The fraction of sp³-hybridized carbons (Fsp3) is 0.0667. The average Bonchev–Trinajstić information content (AvgIpc) is 2.49. The van der Waals surface area contributed by atoms with E-state index in [9.17, 15) is 4.79 Å².